The lowest BCUT2D eigenvalue weighted by Gasteiger charge is -2.24. The van der Waals surface area contributed by atoms with Crippen molar-refractivity contribution in [2.75, 3.05) is 54.1 Å². The molecule has 0 aromatic rings. The van der Waals surface area contributed by atoms with Crippen LogP contribution in [0.25, 0.3) is 0 Å². The Morgan fingerprint density at radius 1 is 0.449 bits per heavy atom. The van der Waals surface area contributed by atoms with E-state index in [0.29, 0.717) is 24.1 Å². The van der Waals surface area contributed by atoms with Crippen LogP contribution in [0.1, 0.15) is 258 Å². The van der Waals surface area contributed by atoms with Crippen LogP contribution in [0.2, 0.25) is 0 Å². The van der Waals surface area contributed by atoms with Gasteiger partial charge in [-0.15, -0.1) is 0 Å². The third-order valence-electron chi connectivity index (χ3n) is 12.6. The van der Waals surface area contributed by atoms with Gasteiger partial charge < -0.3 is 18.9 Å². The summed E-state index contributed by atoms with van der Waals surface area (Å²) in [5, 5.41) is 0. The predicted octanol–water partition coefficient (Wildman–Crippen LogP) is 18.4. The van der Waals surface area contributed by atoms with Gasteiger partial charge >= 0.3 is 13.8 Å². The molecule has 0 spiro atoms. The van der Waals surface area contributed by atoms with Gasteiger partial charge in [-0.2, -0.15) is 0 Å². The molecular weight excluding hydrogens is 878 g/mol. The van der Waals surface area contributed by atoms with Crippen LogP contribution in [-0.2, 0) is 27.9 Å². The van der Waals surface area contributed by atoms with Crippen LogP contribution in [0.3, 0.4) is 0 Å². The number of allylic oxidation sites excluding steroid dienone is 10. The number of ether oxygens (including phenoxy) is 2. The normalized spacial score (nSPS) is 13.9. The minimum absolute atomic E-state index is 0.0856. The monoisotopic (exact) mass is 991 g/mol. The minimum Gasteiger partial charge on any atom is -0.457 e. The van der Waals surface area contributed by atoms with Gasteiger partial charge in [0.2, 0.25) is 0 Å². The van der Waals surface area contributed by atoms with E-state index in [1.54, 1.807) is 0 Å². The Balaban J connectivity index is 4.10. The van der Waals surface area contributed by atoms with E-state index in [1.807, 2.05) is 21.1 Å². The average Bonchev–Trinajstić information content (AvgIpc) is 3.31. The SMILES string of the molecule is CCCCCCC/C=C\C/C=C\C/C=C\CCCCCCCCCCCCC(=O)OC(COCCCCCCCCCCCC/C=C\C/C=C\CCCCCCC)COP(=O)(O)OCC[N+](C)(C)C. The van der Waals surface area contributed by atoms with Gasteiger partial charge in [-0.3, -0.25) is 13.8 Å². The maximum Gasteiger partial charge on any atom is 0.472 e. The van der Waals surface area contributed by atoms with Gasteiger partial charge in [-0.1, -0.05) is 229 Å². The molecule has 0 aliphatic rings. The van der Waals surface area contributed by atoms with Gasteiger partial charge in [0.1, 0.15) is 19.3 Å². The van der Waals surface area contributed by atoms with Crippen LogP contribution < -0.4 is 0 Å². The predicted molar refractivity (Wildman–Crippen MR) is 298 cm³/mol. The van der Waals surface area contributed by atoms with Gasteiger partial charge in [0.15, 0.2) is 0 Å². The van der Waals surface area contributed by atoms with Crippen LogP contribution in [0.5, 0.6) is 0 Å². The van der Waals surface area contributed by atoms with Gasteiger partial charge in [-0.25, -0.2) is 4.57 Å². The second-order valence-corrected chi connectivity index (χ2v) is 22.1. The van der Waals surface area contributed by atoms with Gasteiger partial charge in [0.05, 0.1) is 34.4 Å². The number of phosphoric acid groups is 1. The quantitative estimate of drug-likeness (QED) is 0.0213. The first-order chi connectivity index (χ1) is 33.6. The van der Waals surface area contributed by atoms with E-state index in [4.69, 9.17) is 18.5 Å². The third-order valence-corrected chi connectivity index (χ3v) is 13.5. The van der Waals surface area contributed by atoms with Crippen LogP contribution in [0, 0.1) is 0 Å². The van der Waals surface area contributed by atoms with Crippen LogP contribution in [0.4, 0.5) is 0 Å². The Bertz CT molecular complexity index is 1290. The highest BCUT2D eigenvalue weighted by atomic mass is 31.2. The molecule has 2 atom stereocenters. The van der Waals surface area contributed by atoms with Crippen molar-refractivity contribution in [3.05, 3.63) is 60.8 Å². The number of hydrogen-bond acceptors (Lipinski definition) is 6. The molecule has 9 heteroatoms. The zero-order chi connectivity index (χ0) is 50.5. The van der Waals surface area contributed by atoms with Crippen LogP contribution in [-0.4, -0.2) is 75.6 Å². The van der Waals surface area contributed by atoms with Crippen molar-refractivity contribution < 1.29 is 37.3 Å². The lowest BCUT2D eigenvalue weighted by molar-refractivity contribution is -0.870. The molecule has 0 aromatic carbocycles. The second-order valence-electron chi connectivity index (χ2n) is 20.7. The number of quaternary nitrogens is 1. The summed E-state index contributed by atoms with van der Waals surface area (Å²) in [5.74, 6) is -0.317. The fourth-order valence-electron chi connectivity index (χ4n) is 8.06. The Labute approximate surface area is 428 Å². The van der Waals surface area contributed by atoms with Crippen molar-refractivity contribution in [2.45, 2.75) is 264 Å². The molecule has 0 amide bonds. The summed E-state index contributed by atoms with van der Waals surface area (Å²) in [4.78, 5) is 23.1. The first-order valence-electron chi connectivity index (χ1n) is 29.0. The molecule has 0 fully saturated rings. The smallest absolute Gasteiger partial charge is 0.457 e. The Hall–Kier alpha value is -1.80. The number of carbonyl (C=O) groups excluding carboxylic acids is 1. The summed E-state index contributed by atoms with van der Waals surface area (Å²) in [6.07, 6.45) is 68.5. The lowest BCUT2D eigenvalue weighted by Crippen LogP contribution is -2.37. The number of nitrogens with zero attached hydrogens (tertiary/aromatic N) is 1. The average molecular weight is 992 g/mol. The maximum absolute atomic E-state index is 12.8. The van der Waals surface area contributed by atoms with Gasteiger partial charge in [0.25, 0.3) is 0 Å². The number of carbonyl (C=O) groups is 1. The highest BCUT2D eigenvalue weighted by Crippen LogP contribution is 2.43. The molecule has 0 radical (unpaired) electrons. The minimum atomic E-state index is -4.29. The van der Waals surface area contributed by atoms with Crippen LogP contribution >= 0.6 is 7.82 Å². The molecular formula is C60H113NO7P+. The Kier molecular flexibility index (Phi) is 51.2. The summed E-state index contributed by atoms with van der Waals surface area (Å²) < 4.78 is 35.3. The summed E-state index contributed by atoms with van der Waals surface area (Å²) in [6.45, 7) is 5.62. The first kappa shape index (κ1) is 67.2. The molecule has 0 bridgehead atoms. The molecule has 0 saturated carbocycles. The molecule has 8 nitrogen and oxygen atoms in total. The van der Waals surface area contributed by atoms with Crippen molar-refractivity contribution in [1.29, 1.82) is 0 Å². The van der Waals surface area contributed by atoms with Crippen molar-refractivity contribution in [2.24, 2.45) is 0 Å². The topological polar surface area (TPSA) is 91.3 Å². The fraction of sp³-hybridized carbons (Fsp3) is 0.817. The number of unbranched alkanes of at least 4 members (excludes halogenated alkanes) is 30. The molecule has 404 valence electrons. The van der Waals surface area contributed by atoms with Crippen molar-refractivity contribution in [3.63, 3.8) is 0 Å². The van der Waals surface area contributed by atoms with E-state index in [2.05, 4.69) is 74.6 Å². The second kappa shape index (κ2) is 52.5. The molecule has 0 heterocycles. The highest BCUT2D eigenvalue weighted by molar-refractivity contribution is 7.47. The molecule has 0 aliphatic heterocycles. The molecule has 0 aromatic heterocycles. The van der Waals surface area contributed by atoms with E-state index in [0.717, 1.165) is 51.4 Å². The molecule has 2 unspecified atom stereocenters. The summed E-state index contributed by atoms with van der Waals surface area (Å²) >= 11 is 0. The fourth-order valence-corrected chi connectivity index (χ4v) is 8.80. The third kappa shape index (κ3) is 57.0. The van der Waals surface area contributed by atoms with Crippen molar-refractivity contribution >= 4 is 13.8 Å². The number of hydrogen-bond donors (Lipinski definition) is 1. The van der Waals surface area contributed by atoms with E-state index in [-0.39, 0.29) is 25.8 Å². The maximum atomic E-state index is 12.8. The Morgan fingerprint density at radius 2 is 0.797 bits per heavy atom. The highest BCUT2D eigenvalue weighted by Gasteiger charge is 2.26. The van der Waals surface area contributed by atoms with E-state index >= 15 is 0 Å². The number of rotatable bonds is 54. The molecule has 0 rings (SSSR count). The lowest BCUT2D eigenvalue weighted by atomic mass is 10.0. The van der Waals surface area contributed by atoms with E-state index < -0.39 is 13.9 Å². The largest absolute Gasteiger partial charge is 0.472 e. The molecule has 0 aliphatic carbocycles. The zero-order valence-electron chi connectivity index (χ0n) is 46.0. The zero-order valence-corrected chi connectivity index (χ0v) is 46.9. The summed E-state index contributed by atoms with van der Waals surface area (Å²) in [7, 11) is 1.66. The van der Waals surface area contributed by atoms with Gasteiger partial charge in [-0.05, 0) is 83.5 Å². The summed E-state index contributed by atoms with van der Waals surface area (Å²) in [6, 6.07) is 0. The number of esters is 1. The van der Waals surface area contributed by atoms with E-state index in [1.165, 1.54) is 186 Å². The molecule has 0 saturated heterocycles. The number of likely N-dealkylation sites (N-methyl/N-ethyl adjacent to an activating group) is 1. The van der Waals surface area contributed by atoms with E-state index in [9.17, 15) is 14.3 Å². The first-order valence-corrected chi connectivity index (χ1v) is 30.5. The van der Waals surface area contributed by atoms with Crippen LogP contribution in [0.15, 0.2) is 60.8 Å². The van der Waals surface area contributed by atoms with Gasteiger partial charge in [0, 0.05) is 13.0 Å². The molecule has 1 N–H and O–H groups in total. The van der Waals surface area contributed by atoms with Crippen molar-refractivity contribution in [3.8, 4) is 0 Å². The summed E-state index contributed by atoms with van der Waals surface area (Å²) in [5.41, 5.74) is 0. The van der Waals surface area contributed by atoms with Crippen molar-refractivity contribution in [1.82, 2.24) is 0 Å². The number of phosphoric ester groups is 1. The molecule has 69 heavy (non-hydrogen) atoms. The Morgan fingerprint density at radius 3 is 1.19 bits per heavy atom. The standard InChI is InChI=1S/C60H112NO7P/c1-6-8-10-12-14-16-18-20-22-24-26-28-30-31-32-33-35-37-39-41-43-45-47-49-51-53-60(62)68-59(58-67-69(63,64)66-56-54-61(3,4)5)57-65-55-52-50-48-46-44-42-40-38-36-34-29-27-25-23-21-19-17-15-13-11-9-7-2/h18-21,24-27,30-31,59H,6-17,22-23,28-29,32-58H2,1-5H3/p+1/b20-18-,21-19-,26-24-,27-25-,31-30-.